The Bertz CT molecular complexity index is 283. The van der Waals surface area contributed by atoms with Crippen LogP contribution in [-0.4, -0.2) is 60.8 Å². The molecule has 1 amide bonds. The average molecular weight is 244 g/mol. The molecule has 6 nitrogen and oxygen atoms in total. The van der Waals surface area contributed by atoms with Gasteiger partial charge in [-0.2, -0.15) is 0 Å². The summed E-state index contributed by atoms with van der Waals surface area (Å²) in [5.74, 6) is -0.880. The fourth-order valence-corrected chi connectivity index (χ4v) is 1.69. The van der Waals surface area contributed by atoms with E-state index in [2.05, 4.69) is 5.32 Å². The lowest BCUT2D eigenvalue weighted by Gasteiger charge is -2.16. The molecule has 0 saturated carbocycles. The Morgan fingerprint density at radius 1 is 1.47 bits per heavy atom. The highest BCUT2D eigenvalue weighted by Gasteiger charge is 2.30. The van der Waals surface area contributed by atoms with E-state index in [0.29, 0.717) is 19.5 Å². The molecule has 1 aliphatic heterocycles. The summed E-state index contributed by atoms with van der Waals surface area (Å²) in [4.78, 5) is 23.7. The van der Waals surface area contributed by atoms with Crippen LogP contribution in [0.15, 0.2) is 0 Å². The van der Waals surface area contributed by atoms with Crippen LogP contribution in [0.4, 0.5) is 0 Å². The van der Waals surface area contributed by atoms with Crippen molar-refractivity contribution in [3.63, 3.8) is 0 Å². The summed E-state index contributed by atoms with van der Waals surface area (Å²) in [5, 5.41) is 11.7. The van der Waals surface area contributed by atoms with Gasteiger partial charge in [-0.15, -0.1) is 0 Å². The number of carbonyl (C=O) groups is 2. The van der Waals surface area contributed by atoms with E-state index in [1.54, 1.807) is 11.9 Å². The van der Waals surface area contributed by atoms with Crippen LogP contribution in [0.1, 0.15) is 19.8 Å². The number of hydrogen-bond donors (Lipinski definition) is 2. The van der Waals surface area contributed by atoms with Crippen molar-refractivity contribution in [3.8, 4) is 0 Å². The van der Waals surface area contributed by atoms with E-state index in [1.807, 2.05) is 6.92 Å². The molecular formula is C11H20N2O4. The molecule has 2 unspecified atom stereocenters. The first-order valence-corrected chi connectivity index (χ1v) is 5.87. The third-order valence-corrected chi connectivity index (χ3v) is 2.93. The van der Waals surface area contributed by atoms with Crippen LogP contribution < -0.4 is 5.32 Å². The van der Waals surface area contributed by atoms with Gasteiger partial charge in [0.25, 0.3) is 0 Å². The number of nitrogens with one attached hydrogen (secondary N) is 1. The van der Waals surface area contributed by atoms with Crippen molar-refractivity contribution >= 4 is 11.9 Å². The monoisotopic (exact) mass is 244 g/mol. The fraction of sp³-hybridized carbons (Fsp3) is 0.818. The normalized spacial score (nSPS) is 23.6. The molecule has 98 valence electrons. The third kappa shape index (κ3) is 4.32. The van der Waals surface area contributed by atoms with E-state index >= 15 is 0 Å². The standard InChI is InChI=1S/C11H20N2O4/c1-3-13(2)10(14)7-12-6-8-4-5-9(17-8)11(15)16/h8-9,12H,3-7H2,1-2H3,(H,15,16). The van der Waals surface area contributed by atoms with Crippen LogP contribution in [0.25, 0.3) is 0 Å². The zero-order chi connectivity index (χ0) is 12.8. The van der Waals surface area contributed by atoms with Crippen LogP contribution in [0, 0.1) is 0 Å². The van der Waals surface area contributed by atoms with Gasteiger partial charge in [-0.25, -0.2) is 4.79 Å². The molecule has 1 aliphatic rings. The van der Waals surface area contributed by atoms with E-state index in [-0.39, 0.29) is 18.6 Å². The summed E-state index contributed by atoms with van der Waals surface area (Å²) < 4.78 is 5.30. The van der Waals surface area contributed by atoms with Gasteiger partial charge in [0, 0.05) is 20.1 Å². The van der Waals surface area contributed by atoms with E-state index in [0.717, 1.165) is 6.42 Å². The van der Waals surface area contributed by atoms with Crippen LogP contribution in [0.5, 0.6) is 0 Å². The first-order chi connectivity index (χ1) is 8.04. The SMILES string of the molecule is CCN(C)C(=O)CNCC1CCC(C(=O)O)O1. The number of nitrogens with zero attached hydrogens (tertiary/aromatic N) is 1. The third-order valence-electron chi connectivity index (χ3n) is 2.93. The first-order valence-electron chi connectivity index (χ1n) is 5.87. The lowest BCUT2D eigenvalue weighted by atomic mass is 10.2. The maximum absolute atomic E-state index is 11.4. The number of amides is 1. The van der Waals surface area contributed by atoms with Gasteiger partial charge in [-0.1, -0.05) is 0 Å². The van der Waals surface area contributed by atoms with Crippen LogP contribution in [0.3, 0.4) is 0 Å². The molecule has 6 heteroatoms. The summed E-state index contributed by atoms with van der Waals surface area (Å²) in [7, 11) is 1.75. The number of ether oxygens (including phenoxy) is 1. The molecule has 1 fully saturated rings. The second kappa shape index (κ2) is 6.56. The zero-order valence-electron chi connectivity index (χ0n) is 10.3. The van der Waals surface area contributed by atoms with Crippen molar-refractivity contribution < 1.29 is 19.4 Å². The fourth-order valence-electron chi connectivity index (χ4n) is 1.69. The molecule has 2 N–H and O–H groups in total. The average Bonchev–Trinajstić information content (AvgIpc) is 2.76. The maximum atomic E-state index is 11.4. The Balaban J connectivity index is 2.16. The van der Waals surface area contributed by atoms with Crippen molar-refractivity contribution in [2.24, 2.45) is 0 Å². The molecule has 1 rings (SSSR count). The maximum Gasteiger partial charge on any atom is 0.332 e. The summed E-state index contributed by atoms with van der Waals surface area (Å²) in [6.07, 6.45) is 0.485. The Morgan fingerprint density at radius 3 is 2.71 bits per heavy atom. The lowest BCUT2D eigenvalue weighted by Crippen LogP contribution is -2.38. The van der Waals surface area contributed by atoms with Crippen molar-refractivity contribution in [2.45, 2.75) is 32.0 Å². The van der Waals surface area contributed by atoms with Gasteiger partial charge >= 0.3 is 5.97 Å². The second-order valence-electron chi connectivity index (χ2n) is 4.20. The number of carboxylic acids is 1. The predicted octanol–water partition coefficient (Wildman–Crippen LogP) is -0.313. The van der Waals surface area contributed by atoms with Gasteiger partial charge < -0.3 is 20.1 Å². The molecule has 1 saturated heterocycles. The first kappa shape index (κ1) is 13.9. The van der Waals surface area contributed by atoms with Crippen molar-refractivity contribution in [2.75, 3.05) is 26.7 Å². The number of likely N-dealkylation sites (N-methyl/N-ethyl adjacent to an activating group) is 1. The van der Waals surface area contributed by atoms with Gasteiger partial charge in [0.1, 0.15) is 0 Å². The van der Waals surface area contributed by atoms with Crippen LogP contribution in [-0.2, 0) is 14.3 Å². The van der Waals surface area contributed by atoms with E-state index < -0.39 is 12.1 Å². The van der Waals surface area contributed by atoms with Crippen molar-refractivity contribution in [1.29, 1.82) is 0 Å². The van der Waals surface area contributed by atoms with Crippen molar-refractivity contribution in [3.05, 3.63) is 0 Å². The van der Waals surface area contributed by atoms with Gasteiger partial charge in [0.2, 0.25) is 5.91 Å². The molecule has 0 bridgehead atoms. The molecule has 0 aromatic heterocycles. The van der Waals surface area contributed by atoms with Gasteiger partial charge in [-0.05, 0) is 19.8 Å². The Hall–Kier alpha value is -1.14. The van der Waals surface area contributed by atoms with Crippen LogP contribution >= 0.6 is 0 Å². The smallest absolute Gasteiger partial charge is 0.332 e. The largest absolute Gasteiger partial charge is 0.479 e. The van der Waals surface area contributed by atoms with Crippen LogP contribution in [0.2, 0.25) is 0 Å². The molecule has 0 aromatic carbocycles. The molecule has 17 heavy (non-hydrogen) atoms. The highest BCUT2D eigenvalue weighted by Crippen LogP contribution is 2.18. The van der Waals surface area contributed by atoms with Gasteiger partial charge in [-0.3, -0.25) is 4.79 Å². The molecular weight excluding hydrogens is 224 g/mol. The minimum atomic E-state index is -0.908. The topological polar surface area (TPSA) is 78.9 Å². The Morgan fingerprint density at radius 2 is 2.18 bits per heavy atom. The zero-order valence-corrected chi connectivity index (χ0v) is 10.3. The van der Waals surface area contributed by atoms with E-state index in [1.165, 1.54) is 0 Å². The highest BCUT2D eigenvalue weighted by molar-refractivity contribution is 5.77. The van der Waals surface area contributed by atoms with Crippen molar-refractivity contribution in [1.82, 2.24) is 10.2 Å². The minimum Gasteiger partial charge on any atom is -0.479 e. The summed E-state index contributed by atoms with van der Waals surface area (Å²) in [6.45, 7) is 3.38. The van der Waals surface area contributed by atoms with E-state index in [4.69, 9.17) is 9.84 Å². The molecule has 0 aliphatic carbocycles. The number of carboxylic acid groups (broad SMARTS) is 1. The lowest BCUT2D eigenvalue weighted by molar-refractivity contribution is -0.149. The summed E-state index contributed by atoms with van der Waals surface area (Å²) >= 11 is 0. The minimum absolute atomic E-state index is 0.0280. The predicted molar refractivity (Wildman–Crippen MR) is 61.7 cm³/mol. The molecule has 0 radical (unpaired) electrons. The molecule has 0 spiro atoms. The second-order valence-corrected chi connectivity index (χ2v) is 4.20. The number of hydrogen-bond acceptors (Lipinski definition) is 4. The Kier molecular flexibility index (Phi) is 5.37. The summed E-state index contributed by atoms with van der Waals surface area (Å²) in [5.41, 5.74) is 0. The number of rotatable bonds is 6. The molecule has 0 aromatic rings. The van der Waals surface area contributed by atoms with Gasteiger partial charge in [0.15, 0.2) is 6.10 Å². The number of carbonyl (C=O) groups excluding carboxylic acids is 1. The number of aliphatic carboxylic acids is 1. The Labute approximate surface area is 101 Å². The van der Waals surface area contributed by atoms with E-state index in [9.17, 15) is 9.59 Å². The molecule has 1 heterocycles. The molecule has 2 atom stereocenters. The quantitative estimate of drug-likeness (QED) is 0.670. The van der Waals surface area contributed by atoms with Gasteiger partial charge in [0.05, 0.1) is 12.6 Å². The summed E-state index contributed by atoms with van der Waals surface area (Å²) in [6, 6.07) is 0. The highest BCUT2D eigenvalue weighted by atomic mass is 16.5.